The molecule has 0 aromatic heterocycles. The lowest BCUT2D eigenvalue weighted by Crippen LogP contribution is -2.51. The van der Waals surface area contributed by atoms with E-state index in [0.29, 0.717) is 18.9 Å². The third-order valence-corrected chi connectivity index (χ3v) is 8.45. The third kappa shape index (κ3) is 3.51. The molecule has 0 bridgehead atoms. The summed E-state index contributed by atoms with van der Waals surface area (Å²) in [6, 6.07) is 10.5. The molecule has 0 N–H and O–H groups in total. The Bertz CT molecular complexity index is 712. The lowest BCUT2D eigenvalue weighted by atomic mass is 9.53. The van der Waals surface area contributed by atoms with Gasteiger partial charge in [-0.3, -0.25) is 4.79 Å². The fraction of sp³-hybridized carbons (Fsp3) is 0.720. The van der Waals surface area contributed by atoms with Gasteiger partial charge in [0.25, 0.3) is 0 Å². The molecule has 1 aromatic rings. The van der Waals surface area contributed by atoms with E-state index in [9.17, 15) is 4.79 Å². The Labute approximate surface area is 170 Å². The molecule has 0 spiro atoms. The molecule has 1 aromatic carbocycles. The van der Waals surface area contributed by atoms with Gasteiger partial charge in [0.15, 0.2) is 0 Å². The van der Waals surface area contributed by atoms with Crippen molar-refractivity contribution in [1.82, 2.24) is 0 Å². The fourth-order valence-electron chi connectivity index (χ4n) is 6.54. The van der Waals surface area contributed by atoms with Crippen LogP contribution in [0.15, 0.2) is 30.3 Å². The van der Waals surface area contributed by atoms with Crippen molar-refractivity contribution in [3.63, 3.8) is 0 Å². The highest BCUT2D eigenvalue weighted by atomic mass is 16.5. The van der Waals surface area contributed by atoms with Crippen LogP contribution in [0.5, 0.6) is 0 Å². The summed E-state index contributed by atoms with van der Waals surface area (Å²) in [5, 5.41) is 0. The van der Waals surface area contributed by atoms with Crippen molar-refractivity contribution in [3.05, 3.63) is 35.9 Å². The van der Waals surface area contributed by atoms with Crippen LogP contribution in [0.2, 0.25) is 0 Å². The second-order valence-electron chi connectivity index (χ2n) is 10.7. The van der Waals surface area contributed by atoms with Gasteiger partial charge in [0, 0.05) is 11.8 Å². The fourth-order valence-corrected chi connectivity index (χ4v) is 6.54. The number of ether oxygens (including phenoxy) is 2. The van der Waals surface area contributed by atoms with Gasteiger partial charge in [0.1, 0.15) is 6.10 Å². The zero-order valence-corrected chi connectivity index (χ0v) is 18.0. The summed E-state index contributed by atoms with van der Waals surface area (Å²) < 4.78 is 12.4. The van der Waals surface area contributed by atoms with Crippen LogP contribution in [-0.4, -0.2) is 18.2 Å². The standard InChI is InChI=1S/C25H36O3/c1-23(2)19-10-13-24(3)15-12-22(26)28-21(24)16-25(19,4)14-11-20(23)27-17-18-8-6-5-7-9-18/h5-9,19-21H,10-17H2,1-4H3/t19-,20+,21?,24+,25?/m0/s1. The van der Waals surface area contributed by atoms with Crippen LogP contribution in [0.3, 0.4) is 0 Å². The van der Waals surface area contributed by atoms with Gasteiger partial charge in [-0.2, -0.15) is 0 Å². The van der Waals surface area contributed by atoms with Crippen LogP contribution in [0, 0.1) is 22.2 Å². The van der Waals surface area contributed by atoms with Crippen LogP contribution in [0.25, 0.3) is 0 Å². The van der Waals surface area contributed by atoms with Crippen LogP contribution >= 0.6 is 0 Å². The lowest BCUT2D eigenvalue weighted by molar-refractivity contribution is -0.171. The topological polar surface area (TPSA) is 35.5 Å². The molecule has 0 radical (unpaired) electrons. The number of carbonyl (C=O) groups excluding carboxylic acids is 1. The maximum Gasteiger partial charge on any atom is 0.306 e. The minimum atomic E-state index is 0.00339. The van der Waals surface area contributed by atoms with Gasteiger partial charge >= 0.3 is 5.97 Å². The van der Waals surface area contributed by atoms with Crippen molar-refractivity contribution in [3.8, 4) is 0 Å². The minimum absolute atomic E-state index is 0.00339. The minimum Gasteiger partial charge on any atom is -0.462 e. The average molecular weight is 385 g/mol. The molecule has 0 amide bonds. The monoisotopic (exact) mass is 384 g/mol. The average Bonchev–Trinajstić information content (AvgIpc) is 2.76. The normalized spacial score (nSPS) is 40.0. The first kappa shape index (κ1) is 19.9. The Balaban J connectivity index is 1.53. The van der Waals surface area contributed by atoms with Gasteiger partial charge in [-0.05, 0) is 60.8 Å². The van der Waals surface area contributed by atoms with Crippen LogP contribution in [0.4, 0.5) is 0 Å². The van der Waals surface area contributed by atoms with Crippen molar-refractivity contribution in [2.45, 2.75) is 91.5 Å². The van der Waals surface area contributed by atoms with Crippen LogP contribution in [-0.2, 0) is 20.9 Å². The molecule has 2 saturated carbocycles. The Kier molecular flexibility index (Phi) is 5.10. The van der Waals surface area contributed by atoms with E-state index in [1.165, 1.54) is 12.0 Å². The summed E-state index contributed by atoms with van der Waals surface area (Å²) in [6.07, 6.45) is 7.54. The second kappa shape index (κ2) is 7.16. The molecule has 1 saturated heterocycles. The first-order valence-electron chi connectivity index (χ1n) is 11.1. The maximum absolute atomic E-state index is 12.0. The Morgan fingerprint density at radius 1 is 1.00 bits per heavy atom. The van der Waals surface area contributed by atoms with Gasteiger partial charge in [-0.15, -0.1) is 0 Å². The Morgan fingerprint density at radius 3 is 2.46 bits per heavy atom. The number of fused-ring (bicyclic) bond motifs is 2. The molecule has 1 aliphatic heterocycles. The van der Waals surface area contributed by atoms with E-state index in [2.05, 4.69) is 58.0 Å². The summed E-state index contributed by atoms with van der Waals surface area (Å²) in [7, 11) is 0. The quantitative estimate of drug-likeness (QED) is 0.608. The number of rotatable bonds is 3. The molecule has 2 unspecified atom stereocenters. The zero-order valence-electron chi connectivity index (χ0n) is 18.0. The predicted molar refractivity (Wildman–Crippen MR) is 111 cm³/mol. The van der Waals surface area contributed by atoms with Crippen LogP contribution < -0.4 is 0 Å². The number of benzene rings is 1. The summed E-state index contributed by atoms with van der Waals surface area (Å²) in [5.41, 5.74) is 1.73. The Morgan fingerprint density at radius 2 is 1.71 bits per heavy atom. The summed E-state index contributed by atoms with van der Waals surface area (Å²) >= 11 is 0. The van der Waals surface area contributed by atoms with E-state index in [-0.39, 0.29) is 34.4 Å². The number of hydrogen-bond donors (Lipinski definition) is 0. The zero-order chi connectivity index (χ0) is 20.0. The van der Waals surface area contributed by atoms with Gasteiger partial charge in [0.2, 0.25) is 0 Å². The first-order chi connectivity index (χ1) is 13.2. The van der Waals surface area contributed by atoms with Gasteiger partial charge < -0.3 is 9.47 Å². The Hall–Kier alpha value is -1.35. The number of hydrogen-bond acceptors (Lipinski definition) is 3. The molecule has 3 heteroatoms. The van der Waals surface area contributed by atoms with Crippen molar-refractivity contribution in [1.29, 1.82) is 0 Å². The van der Waals surface area contributed by atoms with E-state index < -0.39 is 0 Å². The predicted octanol–water partition coefficient (Wildman–Crippen LogP) is 5.91. The van der Waals surface area contributed by atoms with Crippen molar-refractivity contribution >= 4 is 5.97 Å². The highest BCUT2D eigenvalue weighted by Gasteiger charge is 2.57. The molecule has 3 nitrogen and oxygen atoms in total. The second-order valence-corrected chi connectivity index (χ2v) is 10.7. The van der Waals surface area contributed by atoms with Gasteiger partial charge in [0.05, 0.1) is 12.7 Å². The molecule has 2 aliphatic carbocycles. The van der Waals surface area contributed by atoms with Crippen LogP contribution in [0.1, 0.15) is 78.2 Å². The molecule has 4 rings (SSSR count). The van der Waals surface area contributed by atoms with E-state index in [4.69, 9.17) is 9.47 Å². The number of esters is 1. The van der Waals surface area contributed by atoms with Crippen molar-refractivity contribution in [2.75, 3.05) is 0 Å². The summed E-state index contributed by atoms with van der Waals surface area (Å²) in [4.78, 5) is 12.0. The van der Waals surface area contributed by atoms with Crippen molar-refractivity contribution < 1.29 is 14.3 Å². The molecule has 28 heavy (non-hydrogen) atoms. The molecular formula is C25H36O3. The van der Waals surface area contributed by atoms with Crippen molar-refractivity contribution in [2.24, 2.45) is 22.2 Å². The van der Waals surface area contributed by atoms with Gasteiger partial charge in [-0.1, -0.05) is 58.0 Å². The molecule has 5 atom stereocenters. The lowest BCUT2D eigenvalue weighted by Gasteiger charge is -2.54. The maximum atomic E-state index is 12.0. The molecule has 3 fully saturated rings. The molecule has 3 aliphatic rings. The van der Waals surface area contributed by atoms with E-state index in [1.807, 2.05) is 0 Å². The smallest absolute Gasteiger partial charge is 0.306 e. The van der Waals surface area contributed by atoms with Gasteiger partial charge in [-0.25, -0.2) is 0 Å². The SMILES string of the molecule is CC12CC[C@@H](OCc3ccccc3)C(C)(C)[C@@H]1CC[C@]1(C)CCC(=O)OC1C2. The van der Waals surface area contributed by atoms with E-state index in [1.54, 1.807) is 0 Å². The number of carbonyl (C=O) groups is 1. The molecule has 1 heterocycles. The summed E-state index contributed by atoms with van der Waals surface area (Å²) in [5.74, 6) is 0.597. The highest BCUT2D eigenvalue weighted by Crippen LogP contribution is 2.61. The largest absolute Gasteiger partial charge is 0.462 e. The van der Waals surface area contributed by atoms with E-state index in [0.717, 1.165) is 32.1 Å². The molecular weight excluding hydrogens is 348 g/mol. The highest BCUT2D eigenvalue weighted by molar-refractivity contribution is 5.70. The molecule has 154 valence electrons. The third-order valence-electron chi connectivity index (χ3n) is 8.45. The summed E-state index contributed by atoms with van der Waals surface area (Å²) in [6.45, 7) is 10.3. The first-order valence-corrected chi connectivity index (χ1v) is 11.1. The van der Waals surface area contributed by atoms with E-state index >= 15 is 0 Å².